The summed E-state index contributed by atoms with van der Waals surface area (Å²) in [6.07, 6.45) is 3.84. The molecule has 1 aromatic carbocycles. The summed E-state index contributed by atoms with van der Waals surface area (Å²) in [5.74, 6) is 1.13. The minimum atomic E-state index is 0.242. The Hall–Kier alpha value is -0.730. The summed E-state index contributed by atoms with van der Waals surface area (Å²) in [6.45, 7) is 5.33. The van der Waals surface area contributed by atoms with E-state index >= 15 is 0 Å². The minimum Gasteiger partial charge on any atom is -0.506 e. The molecule has 1 aliphatic rings. The minimum absolute atomic E-state index is 0.242. The number of hydrogen-bond donors (Lipinski definition) is 1. The summed E-state index contributed by atoms with van der Waals surface area (Å²) in [7, 11) is 0. The van der Waals surface area contributed by atoms with Crippen molar-refractivity contribution in [2.24, 2.45) is 5.92 Å². The number of para-hydroxylation sites is 1. The largest absolute Gasteiger partial charge is 0.506 e. The summed E-state index contributed by atoms with van der Waals surface area (Å²) in [4.78, 5) is 2.40. The first-order valence-corrected chi connectivity index (χ1v) is 6.77. The van der Waals surface area contributed by atoms with Crippen LogP contribution in [0.3, 0.4) is 0 Å². The molecule has 0 aromatic heterocycles. The number of phenols is 1. The number of hydrogen-bond acceptors (Lipinski definition) is 2. The van der Waals surface area contributed by atoms with Crippen LogP contribution in [0.2, 0.25) is 5.02 Å². The number of piperidine rings is 1. The van der Waals surface area contributed by atoms with E-state index in [1.54, 1.807) is 6.07 Å². The molecule has 1 aromatic rings. The zero-order valence-electron chi connectivity index (χ0n) is 10.3. The van der Waals surface area contributed by atoms with Gasteiger partial charge in [0.1, 0.15) is 5.75 Å². The van der Waals surface area contributed by atoms with Crippen LogP contribution in [0.5, 0.6) is 5.75 Å². The van der Waals surface area contributed by atoms with Gasteiger partial charge >= 0.3 is 0 Å². The molecule has 0 spiro atoms. The van der Waals surface area contributed by atoms with Gasteiger partial charge in [0.15, 0.2) is 0 Å². The standard InChI is InChI=1S/C14H20ClNO/c1-2-11-6-8-16(9-7-11)10-12-4-3-5-13(15)14(12)17/h3-5,11,17H,2,6-10H2,1H3. The van der Waals surface area contributed by atoms with Crippen LogP contribution >= 0.6 is 11.6 Å². The van der Waals surface area contributed by atoms with E-state index in [1.165, 1.54) is 19.3 Å². The fraction of sp³-hybridized carbons (Fsp3) is 0.571. The van der Waals surface area contributed by atoms with Gasteiger partial charge in [-0.05, 0) is 37.9 Å². The SMILES string of the molecule is CCC1CCN(Cc2cccc(Cl)c2O)CC1. The van der Waals surface area contributed by atoms with Crippen LogP contribution in [0.15, 0.2) is 18.2 Å². The Labute approximate surface area is 108 Å². The van der Waals surface area contributed by atoms with Crippen LogP contribution in [-0.4, -0.2) is 23.1 Å². The topological polar surface area (TPSA) is 23.5 Å². The molecule has 0 aliphatic carbocycles. The second-order valence-electron chi connectivity index (χ2n) is 4.88. The Kier molecular flexibility index (Phi) is 4.30. The average Bonchev–Trinajstić information content (AvgIpc) is 2.36. The molecular formula is C14H20ClNO. The fourth-order valence-electron chi connectivity index (χ4n) is 2.48. The normalized spacial score (nSPS) is 18.5. The van der Waals surface area contributed by atoms with Gasteiger partial charge in [-0.25, -0.2) is 0 Å². The summed E-state index contributed by atoms with van der Waals surface area (Å²) < 4.78 is 0. The van der Waals surface area contributed by atoms with Gasteiger partial charge in [0.2, 0.25) is 0 Å². The Morgan fingerprint density at radius 1 is 1.35 bits per heavy atom. The molecule has 0 bridgehead atoms. The lowest BCUT2D eigenvalue weighted by molar-refractivity contribution is 0.173. The van der Waals surface area contributed by atoms with Crippen molar-refractivity contribution < 1.29 is 5.11 Å². The van der Waals surface area contributed by atoms with Crippen molar-refractivity contribution in [1.29, 1.82) is 0 Å². The van der Waals surface area contributed by atoms with Crippen LogP contribution in [-0.2, 0) is 6.54 Å². The van der Waals surface area contributed by atoms with E-state index < -0.39 is 0 Å². The third-order valence-corrected chi connectivity index (χ3v) is 4.05. The lowest BCUT2D eigenvalue weighted by Crippen LogP contribution is -2.33. The van der Waals surface area contributed by atoms with Crippen molar-refractivity contribution in [3.8, 4) is 5.75 Å². The molecule has 1 N–H and O–H groups in total. The molecule has 0 atom stereocenters. The number of rotatable bonds is 3. The zero-order chi connectivity index (χ0) is 12.3. The van der Waals surface area contributed by atoms with Crippen molar-refractivity contribution in [3.63, 3.8) is 0 Å². The van der Waals surface area contributed by atoms with Crippen LogP contribution in [0, 0.1) is 5.92 Å². The second kappa shape index (κ2) is 5.74. The molecule has 0 unspecified atom stereocenters. The third kappa shape index (κ3) is 3.14. The Morgan fingerprint density at radius 3 is 2.71 bits per heavy atom. The molecule has 0 saturated carbocycles. The van der Waals surface area contributed by atoms with E-state index in [9.17, 15) is 5.11 Å². The van der Waals surface area contributed by atoms with Gasteiger partial charge in [-0.1, -0.05) is 37.1 Å². The quantitative estimate of drug-likeness (QED) is 0.889. The number of phenolic OH excluding ortho intramolecular Hbond substituents is 1. The van der Waals surface area contributed by atoms with Gasteiger partial charge < -0.3 is 5.11 Å². The first-order valence-electron chi connectivity index (χ1n) is 6.39. The first kappa shape index (κ1) is 12.7. The van der Waals surface area contributed by atoms with E-state index in [0.29, 0.717) is 5.02 Å². The molecule has 94 valence electrons. The summed E-state index contributed by atoms with van der Waals surface area (Å²) in [5, 5.41) is 10.3. The average molecular weight is 254 g/mol. The van der Waals surface area contributed by atoms with E-state index in [-0.39, 0.29) is 5.75 Å². The van der Waals surface area contributed by atoms with Crippen LogP contribution in [0.4, 0.5) is 0 Å². The van der Waals surface area contributed by atoms with Crippen LogP contribution in [0.1, 0.15) is 31.7 Å². The highest BCUT2D eigenvalue weighted by molar-refractivity contribution is 6.32. The monoisotopic (exact) mass is 253 g/mol. The highest BCUT2D eigenvalue weighted by Crippen LogP contribution is 2.29. The molecule has 1 fully saturated rings. The summed E-state index contributed by atoms with van der Waals surface area (Å²) in [6, 6.07) is 5.58. The zero-order valence-corrected chi connectivity index (χ0v) is 11.1. The van der Waals surface area contributed by atoms with Gasteiger partial charge in [0, 0.05) is 12.1 Å². The van der Waals surface area contributed by atoms with Crippen molar-refractivity contribution in [3.05, 3.63) is 28.8 Å². The van der Waals surface area contributed by atoms with Crippen LogP contribution < -0.4 is 0 Å². The molecule has 17 heavy (non-hydrogen) atoms. The van der Waals surface area contributed by atoms with Crippen molar-refractivity contribution in [1.82, 2.24) is 4.90 Å². The van der Waals surface area contributed by atoms with E-state index in [1.807, 2.05) is 12.1 Å². The first-order chi connectivity index (χ1) is 8.20. The predicted octanol–water partition coefficient (Wildman–Crippen LogP) is 3.67. The maximum Gasteiger partial charge on any atom is 0.138 e. The maximum atomic E-state index is 9.87. The number of benzene rings is 1. The molecule has 1 saturated heterocycles. The second-order valence-corrected chi connectivity index (χ2v) is 5.28. The van der Waals surface area contributed by atoms with E-state index in [0.717, 1.165) is 31.1 Å². The smallest absolute Gasteiger partial charge is 0.138 e. The lowest BCUT2D eigenvalue weighted by Gasteiger charge is -2.31. The van der Waals surface area contributed by atoms with Crippen LogP contribution in [0.25, 0.3) is 0 Å². The molecule has 1 heterocycles. The van der Waals surface area contributed by atoms with Crippen molar-refractivity contribution in [2.45, 2.75) is 32.7 Å². The molecule has 1 aliphatic heterocycles. The predicted molar refractivity (Wildman–Crippen MR) is 71.4 cm³/mol. The molecule has 3 heteroatoms. The van der Waals surface area contributed by atoms with E-state index in [4.69, 9.17) is 11.6 Å². The number of nitrogens with zero attached hydrogens (tertiary/aromatic N) is 1. The fourth-order valence-corrected chi connectivity index (χ4v) is 2.68. The number of aromatic hydroxyl groups is 1. The van der Waals surface area contributed by atoms with Gasteiger partial charge in [0.05, 0.1) is 5.02 Å². The lowest BCUT2D eigenvalue weighted by atomic mass is 9.94. The maximum absolute atomic E-state index is 9.87. The molecule has 2 nitrogen and oxygen atoms in total. The Balaban J connectivity index is 1.95. The highest BCUT2D eigenvalue weighted by atomic mass is 35.5. The number of likely N-dealkylation sites (tertiary alicyclic amines) is 1. The van der Waals surface area contributed by atoms with E-state index in [2.05, 4.69) is 11.8 Å². The highest BCUT2D eigenvalue weighted by Gasteiger charge is 2.18. The third-order valence-electron chi connectivity index (χ3n) is 3.75. The van der Waals surface area contributed by atoms with Gasteiger partial charge in [-0.2, -0.15) is 0 Å². The summed E-state index contributed by atoms with van der Waals surface area (Å²) >= 11 is 5.91. The summed E-state index contributed by atoms with van der Waals surface area (Å²) in [5.41, 5.74) is 0.937. The Bertz CT molecular complexity index is 372. The number of halogens is 1. The van der Waals surface area contributed by atoms with Gasteiger partial charge in [0.25, 0.3) is 0 Å². The molecule has 0 radical (unpaired) electrons. The van der Waals surface area contributed by atoms with Gasteiger partial charge in [-0.3, -0.25) is 4.90 Å². The molecule has 2 rings (SSSR count). The Morgan fingerprint density at radius 2 is 2.06 bits per heavy atom. The van der Waals surface area contributed by atoms with Gasteiger partial charge in [-0.15, -0.1) is 0 Å². The molecule has 0 amide bonds. The van der Waals surface area contributed by atoms with Crippen molar-refractivity contribution in [2.75, 3.05) is 13.1 Å². The van der Waals surface area contributed by atoms with Crippen molar-refractivity contribution >= 4 is 11.6 Å². The molecular weight excluding hydrogens is 234 g/mol.